The molecule has 0 aliphatic carbocycles. The Morgan fingerprint density at radius 3 is 2.75 bits per heavy atom. The molecule has 2 aromatic carbocycles. The third-order valence-corrected chi connectivity index (χ3v) is 4.06. The van der Waals surface area contributed by atoms with Gasteiger partial charge >= 0.3 is 0 Å². The molecule has 0 amide bonds. The molecule has 4 nitrogen and oxygen atoms in total. The molecule has 0 fully saturated rings. The predicted octanol–water partition coefficient (Wildman–Crippen LogP) is 4.22. The van der Waals surface area contributed by atoms with Crippen LogP contribution in [0.5, 0.6) is 11.5 Å². The molecule has 0 atom stereocenters. The highest BCUT2D eigenvalue weighted by Gasteiger charge is 2.17. The van der Waals surface area contributed by atoms with Gasteiger partial charge in [0.25, 0.3) is 0 Å². The van der Waals surface area contributed by atoms with Crippen LogP contribution in [0.25, 0.3) is 22.5 Å². The van der Waals surface area contributed by atoms with E-state index in [1.54, 1.807) is 4.68 Å². The average Bonchev–Trinajstić information content (AvgIpc) is 3.21. The molecule has 24 heavy (non-hydrogen) atoms. The molecule has 5 heteroatoms. The largest absolute Gasteiger partial charge is 0.454 e. The van der Waals surface area contributed by atoms with Crippen molar-refractivity contribution in [3.05, 3.63) is 54.1 Å². The lowest BCUT2D eigenvalue weighted by Crippen LogP contribution is -2.03. The zero-order valence-corrected chi connectivity index (χ0v) is 13.3. The molecule has 4 rings (SSSR count). The number of halogens is 1. The van der Waals surface area contributed by atoms with Gasteiger partial charge in [0.1, 0.15) is 6.67 Å². The minimum Gasteiger partial charge on any atom is -0.454 e. The van der Waals surface area contributed by atoms with Gasteiger partial charge in [-0.2, -0.15) is 5.10 Å². The molecule has 0 radical (unpaired) electrons. The Balaban J connectivity index is 1.78. The van der Waals surface area contributed by atoms with E-state index >= 15 is 0 Å². The smallest absolute Gasteiger partial charge is 0.231 e. The predicted molar refractivity (Wildman–Crippen MR) is 89.9 cm³/mol. The fourth-order valence-electron chi connectivity index (χ4n) is 2.90. The molecule has 3 aromatic rings. The Morgan fingerprint density at radius 1 is 1.04 bits per heavy atom. The van der Waals surface area contributed by atoms with E-state index in [9.17, 15) is 4.39 Å². The van der Waals surface area contributed by atoms with E-state index in [2.05, 4.69) is 11.2 Å². The Labute approximate surface area is 139 Å². The van der Waals surface area contributed by atoms with Gasteiger partial charge in [-0.05, 0) is 37.3 Å². The summed E-state index contributed by atoms with van der Waals surface area (Å²) in [5.74, 6) is 1.45. The maximum Gasteiger partial charge on any atom is 0.231 e. The number of alkyl halides is 1. The lowest BCUT2D eigenvalue weighted by Gasteiger charge is -2.05. The molecule has 0 spiro atoms. The topological polar surface area (TPSA) is 36.3 Å². The van der Waals surface area contributed by atoms with Crippen molar-refractivity contribution >= 4 is 0 Å². The monoisotopic (exact) mass is 324 g/mol. The second-order valence-corrected chi connectivity index (χ2v) is 5.76. The van der Waals surface area contributed by atoms with Crippen molar-refractivity contribution in [2.24, 2.45) is 0 Å². The van der Waals surface area contributed by atoms with E-state index in [1.165, 1.54) is 0 Å². The van der Waals surface area contributed by atoms with Gasteiger partial charge in [-0.15, -0.1) is 0 Å². The van der Waals surface area contributed by atoms with E-state index in [1.807, 2.05) is 49.4 Å². The number of rotatable bonds is 4. The zero-order valence-electron chi connectivity index (χ0n) is 13.3. The van der Waals surface area contributed by atoms with Crippen LogP contribution in [-0.2, 0) is 6.54 Å². The Kier molecular flexibility index (Phi) is 3.69. The molecule has 122 valence electrons. The summed E-state index contributed by atoms with van der Waals surface area (Å²) in [5, 5.41) is 4.58. The van der Waals surface area contributed by atoms with Gasteiger partial charge in [0.2, 0.25) is 6.79 Å². The van der Waals surface area contributed by atoms with Crippen molar-refractivity contribution in [1.29, 1.82) is 0 Å². The van der Waals surface area contributed by atoms with Crippen LogP contribution in [0.2, 0.25) is 0 Å². The summed E-state index contributed by atoms with van der Waals surface area (Å²) in [6, 6.07) is 15.8. The fraction of sp³-hybridized carbons (Fsp3) is 0.211. The Morgan fingerprint density at radius 2 is 1.92 bits per heavy atom. The molecular weight excluding hydrogens is 307 g/mol. The van der Waals surface area contributed by atoms with Crippen LogP contribution in [-0.4, -0.2) is 23.2 Å². The standard InChI is InChI=1S/C19H17FN2O2/c1-13-3-2-4-15(9-13)17-11-16(21-22(17)8-7-20)14-5-6-18-19(10-14)24-12-23-18/h2-6,9-11H,7-8,12H2,1H3. The quantitative estimate of drug-likeness (QED) is 0.721. The maximum absolute atomic E-state index is 12.9. The van der Waals surface area contributed by atoms with Crippen LogP contribution in [0, 0.1) is 6.92 Å². The van der Waals surface area contributed by atoms with Crippen LogP contribution in [0.4, 0.5) is 4.39 Å². The second-order valence-electron chi connectivity index (χ2n) is 5.76. The van der Waals surface area contributed by atoms with E-state index in [4.69, 9.17) is 9.47 Å². The fourth-order valence-corrected chi connectivity index (χ4v) is 2.90. The maximum atomic E-state index is 12.9. The normalized spacial score (nSPS) is 12.6. The van der Waals surface area contributed by atoms with Gasteiger partial charge in [0.05, 0.1) is 17.9 Å². The van der Waals surface area contributed by atoms with E-state index in [0.717, 1.165) is 33.8 Å². The van der Waals surface area contributed by atoms with Gasteiger partial charge < -0.3 is 9.47 Å². The highest BCUT2D eigenvalue weighted by atomic mass is 19.1. The van der Waals surface area contributed by atoms with E-state index in [-0.39, 0.29) is 13.3 Å². The van der Waals surface area contributed by atoms with Gasteiger partial charge in [-0.25, -0.2) is 4.39 Å². The molecule has 1 aromatic heterocycles. The van der Waals surface area contributed by atoms with Crippen molar-refractivity contribution in [3.63, 3.8) is 0 Å². The number of hydrogen-bond acceptors (Lipinski definition) is 3. The number of hydrogen-bond donors (Lipinski definition) is 0. The highest BCUT2D eigenvalue weighted by molar-refractivity contribution is 5.71. The minimum absolute atomic E-state index is 0.230. The van der Waals surface area contributed by atoms with Crippen LogP contribution in [0.3, 0.4) is 0 Å². The number of ether oxygens (including phenoxy) is 2. The number of nitrogens with zero attached hydrogens (tertiary/aromatic N) is 2. The molecule has 0 unspecified atom stereocenters. The summed E-state index contributed by atoms with van der Waals surface area (Å²) in [6.07, 6.45) is 0. The van der Waals surface area contributed by atoms with Crippen molar-refractivity contribution < 1.29 is 13.9 Å². The minimum atomic E-state index is -0.457. The molecule has 0 bridgehead atoms. The lowest BCUT2D eigenvalue weighted by atomic mass is 10.1. The first kappa shape index (κ1) is 14.8. The van der Waals surface area contributed by atoms with Crippen LogP contribution < -0.4 is 9.47 Å². The summed E-state index contributed by atoms with van der Waals surface area (Å²) in [4.78, 5) is 0. The van der Waals surface area contributed by atoms with Crippen molar-refractivity contribution in [2.45, 2.75) is 13.5 Å². The summed E-state index contributed by atoms with van der Waals surface area (Å²) in [6.45, 7) is 2.05. The summed E-state index contributed by atoms with van der Waals surface area (Å²) in [5.41, 5.74) is 4.81. The summed E-state index contributed by atoms with van der Waals surface area (Å²) >= 11 is 0. The zero-order chi connectivity index (χ0) is 16.5. The second kappa shape index (κ2) is 6.00. The first-order chi connectivity index (χ1) is 11.7. The first-order valence-electron chi connectivity index (χ1n) is 7.85. The Bertz CT molecular complexity index is 889. The third-order valence-electron chi connectivity index (χ3n) is 4.06. The van der Waals surface area contributed by atoms with Gasteiger partial charge in [0, 0.05) is 11.1 Å². The highest BCUT2D eigenvalue weighted by Crippen LogP contribution is 2.36. The molecule has 0 saturated carbocycles. The van der Waals surface area contributed by atoms with Crippen LogP contribution in [0.15, 0.2) is 48.5 Å². The first-order valence-corrected chi connectivity index (χ1v) is 7.85. The lowest BCUT2D eigenvalue weighted by molar-refractivity contribution is 0.174. The Hall–Kier alpha value is -2.82. The number of fused-ring (bicyclic) bond motifs is 1. The molecule has 1 aliphatic rings. The van der Waals surface area contributed by atoms with Gasteiger partial charge in [0.15, 0.2) is 11.5 Å². The molecule has 0 saturated heterocycles. The van der Waals surface area contributed by atoms with Crippen LogP contribution >= 0.6 is 0 Å². The number of aryl methyl sites for hydroxylation is 2. The van der Waals surface area contributed by atoms with Crippen molar-refractivity contribution in [1.82, 2.24) is 9.78 Å². The van der Waals surface area contributed by atoms with E-state index < -0.39 is 6.67 Å². The molecule has 0 N–H and O–H groups in total. The van der Waals surface area contributed by atoms with Crippen molar-refractivity contribution in [3.8, 4) is 34.0 Å². The summed E-state index contributed by atoms with van der Waals surface area (Å²) < 4.78 is 25.4. The molecular formula is C19H17FN2O2. The average molecular weight is 324 g/mol. The molecule has 1 aliphatic heterocycles. The van der Waals surface area contributed by atoms with Gasteiger partial charge in [-0.3, -0.25) is 4.68 Å². The van der Waals surface area contributed by atoms with Gasteiger partial charge in [-0.1, -0.05) is 23.8 Å². The van der Waals surface area contributed by atoms with Crippen LogP contribution in [0.1, 0.15) is 5.56 Å². The number of aromatic nitrogens is 2. The summed E-state index contributed by atoms with van der Waals surface area (Å²) in [7, 11) is 0. The SMILES string of the molecule is Cc1cccc(-c2cc(-c3ccc4c(c3)OCO4)nn2CCF)c1. The third kappa shape index (κ3) is 2.62. The van der Waals surface area contributed by atoms with E-state index in [0.29, 0.717) is 5.75 Å². The van der Waals surface area contributed by atoms with Crippen molar-refractivity contribution in [2.75, 3.05) is 13.5 Å². The molecule has 2 heterocycles. The number of benzene rings is 2.